The van der Waals surface area contributed by atoms with Gasteiger partial charge in [-0.25, -0.2) is 0 Å². The van der Waals surface area contributed by atoms with Gasteiger partial charge in [-0.15, -0.1) is 0 Å². The normalized spacial score (nSPS) is 17.2. The molecule has 36 heavy (non-hydrogen) atoms. The highest BCUT2D eigenvalue weighted by atomic mass is 127. The molecule has 4 rings (SSSR count). The SMILES string of the molecule is COc1cc(/C=C2\C(=N)N3N=C(C(F)(F)F)SC3=NC2=O)cc(I)c1OS(=O)(=O)c1ccc(C)cc1. The van der Waals surface area contributed by atoms with E-state index in [9.17, 15) is 26.4 Å². The highest BCUT2D eigenvalue weighted by Gasteiger charge is 2.46. The van der Waals surface area contributed by atoms with Crippen molar-refractivity contribution < 1.29 is 35.3 Å². The van der Waals surface area contributed by atoms with Gasteiger partial charge in [0.15, 0.2) is 17.3 Å². The fourth-order valence-corrected chi connectivity index (χ4v) is 5.64. The third-order valence-electron chi connectivity index (χ3n) is 4.76. The number of nitrogens with one attached hydrogen (secondary N) is 1. The van der Waals surface area contributed by atoms with Crippen LogP contribution in [-0.2, 0) is 14.9 Å². The van der Waals surface area contributed by atoms with Crippen LogP contribution in [0.15, 0.2) is 57.0 Å². The smallest absolute Gasteiger partial charge is 0.441 e. The highest BCUT2D eigenvalue weighted by molar-refractivity contribution is 14.1. The van der Waals surface area contributed by atoms with Gasteiger partial charge in [-0.3, -0.25) is 10.2 Å². The van der Waals surface area contributed by atoms with Gasteiger partial charge in [-0.1, -0.05) is 17.7 Å². The molecule has 9 nitrogen and oxygen atoms in total. The van der Waals surface area contributed by atoms with E-state index < -0.39 is 33.1 Å². The average Bonchev–Trinajstić information content (AvgIpc) is 3.23. The molecule has 1 amide bonds. The Balaban J connectivity index is 1.68. The number of hydrogen-bond acceptors (Lipinski definition) is 8. The van der Waals surface area contributed by atoms with Crippen LogP contribution in [0, 0.1) is 15.9 Å². The zero-order valence-corrected chi connectivity index (χ0v) is 22.0. The topological polar surface area (TPSA) is 121 Å². The number of benzene rings is 2. The number of hydrazone groups is 1. The molecule has 1 N–H and O–H groups in total. The zero-order chi connectivity index (χ0) is 26.4. The summed E-state index contributed by atoms with van der Waals surface area (Å²) in [5, 5.41) is 10.6. The Morgan fingerprint density at radius 3 is 2.47 bits per heavy atom. The fourth-order valence-electron chi connectivity index (χ4n) is 3.04. The van der Waals surface area contributed by atoms with Gasteiger partial charge in [0.2, 0.25) is 10.2 Å². The molecule has 2 aromatic carbocycles. The summed E-state index contributed by atoms with van der Waals surface area (Å²) in [7, 11) is -2.91. The maximum absolute atomic E-state index is 13.0. The van der Waals surface area contributed by atoms with E-state index in [2.05, 4.69) is 10.1 Å². The van der Waals surface area contributed by atoms with Gasteiger partial charge in [0, 0.05) is 0 Å². The zero-order valence-electron chi connectivity index (χ0n) is 18.3. The van der Waals surface area contributed by atoms with Crippen LogP contribution in [0.2, 0.25) is 0 Å². The summed E-state index contributed by atoms with van der Waals surface area (Å²) < 4.78 is 75.4. The van der Waals surface area contributed by atoms with E-state index in [1.54, 1.807) is 12.1 Å². The van der Waals surface area contributed by atoms with Crippen LogP contribution in [0.5, 0.6) is 11.5 Å². The molecule has 0 radical (unpaired) electrons. The second kappa shape index (κ2) is 9.51. The molecule has 0 saturated carbocycles. The van der Waals surface area contributed by atoms with Gasteiger partial charge < -0.3 is 8.92 Å². The maximum atomic E-state index is 13.0. The van der Waals surface area contributed by atoms with Crippen molar-refractivity contribution in [3.05, 3.63) is 56.7 Å². The van der Waals surface area contributed by atoms with Crippen molar-refractivity contribution in [2.45, 2.75) is 18.0 Å². The molecule has 0 fully saturated rings. The number of aryl methyl sites for hydroxylation is 1. The molecule has 0 spiro atoms. The van der Waals surface area contributed by atoms with Gasteiger partial charge in [0.25, 0.3) is 5.91 Å². The van der Waals surface area contributed by atoms with Gasteiger partial charge in [0.1, 0.15) is 4.90 Å². The number of nitrogens with zero attached hydrogens (tertiary/aromatic N) is 3. The molecule has 0 aromatic heterocycles. The molecule has 15 heteroatoms. The second-order valence-corrected chi connectivity index (χ2v) is 11.0. The number of alkyl halides is 3. The van der Waals surface area contributed by atoms with E-state index in [1.807, 2.05) is 29.5 Å². The lowest BCUT2D eigenvalue weighted by Crippen LogP contribution is -2.35. The number of rotatable bonds is 5. The highest BCUT2D eigenvalue weighted by Crippen LogP contribution is 2.38. The van der Waals surface area contributed by atoms with E-state index in [1.165, 1.54) is 37.5 Å². The van der Waals surface area contributed by atoms with Gasteiger partial charge in [-0.2, -0.15) is 36.7 Å². The third-order valence-corrected chi connectivity index (χ3v) is 7.75. The quantitative estimate of drug-likeness (QED) is 0.286. The summed E-state index contributed by atoms with van der Waals surface area (Å²) in [6.07, 6.45) is -3.53. The van der Waals surface area contributed by atoms with Crippen molar-refractivity contribution >= 4 is 72.5 Å². The number of amidine groups is 2. The van der Waals surface area contributed by atoms with Crippen molar-refractivity contribution in [3.63, 3.8) is 0 Å². The molecule has 2 aliphatic rings. The third kappa shape index (κ3) is 5.12. The van der Waals surface area contributed by atoms with Crippen molar-refractivity contribution in [1.82, 2.24) is 5.01 Å². The van der Waals surface area contributed by atoms with E-state index in [0.717, 1.165) is 5.56 Å². The van der Waals surface area contributed by atoms with E-state index in [0.29, 0.717) is 8.58 Å². The molecule has 0 unspecified atom stereocenters. The Hall–Kier alpha value is -2.92. The number of methoxy groups -OCH3 is 1. The number of halogens is 4. The molecule has 188 valence electrons. The molecule has 0 saturated heterocycles. The second-order valence-electron chi connectivity index (χ2n) is 7.31. The molecule has 2 aromatic rings. The monoisotopic (exact) mass is 650 g/mol. The van der Waals surface area contributed by atoms with Crippen molar-refractivity contribution in [3.8, 4) is 11.5 Å². The Morgan fingerprint density at radius 2 is 1.86 bits per heavy atom. The Bertz CT molecular complexity index is 1490. The molecular weight excluding hydrogens is 636 g/mol. The summed E-state index contributed by atoms with van der Waals surface area (Å²) in [5.74, 6) is -1.60. The van der Waals surface area contributed by atoms with E-state index in [4.69, 9.17) is 14.3 Å². The van der Waals surface area contributed by atoms with Crippen molar-refractivity contribution in [1.29, 1.82) is 5.41 Å². The number of carbonyl (C=O) groups is 1. The fraction of sp³-hybridized carbons (Fsp3) is 0.143. The van der Waals surface area contributed by atoms with Crippen LogP contribution in [-0.4, -0.2) is 48.7 Å². The summed E-state index contributed by atoms with van der Waals surface area (Å²) in [6.45, 7) is 1.81. The molecule has 2 aliphatic heterocycles. The Kier molecular flexibility index (Phi) is 6.91. The van der Waals surface area contributed by atoms with Crippen molar-refractivity contribution in [2.24, 2.45) is 10.1 Å². The van der Waals surface area contributed by atoms with Crippen LogP contribution in [0.1, 0.15) is 11.1 Å². The molecular formula is C21H14F3IN4O5S2. The first-order valence-electron chi connectivity index (χ1n) is 9.76. The number of fused-ring (bicyclic) bond motifs is 1. The first kappa shape index (κ1) is 26.2. The lowest BCUT2D eigenvalue weighted by atomic mass is 10.1. The number of carbonyl (C=O) groups excluding carboxylic acids is 1. The number of aliphatic imine (C=N–C) groups is 1. The number of hydrogen-bond donors (Lipinski definition) is 1. The predicted molar refractivity (Wildman–Crippen MR) is 136 cm³/mol. The van der Waals surface area contributed by atoms with Crippen LogP contribution in [0.4, 0.5) is 13.2 Å². The van der Waals surface area contributed by atoms with E-state index in [-0.39, 0.29) is 44.5 Å². The van der Waals surface area contributed by atoms with Crippen molar-refractivity contribution in [2.75, 3.05) is 7.11 Å². The van der Waals surface area contributed by atoms with Crippen LogP contribution < -0.4 is 8.92 Å². The van der Waals surface area contributed by atoms with Gasteiger partial charge in [0.05, 0.1) is 16.3 Å². The summed E-state index contributed by atoms with van der Waals surface area (Å²) >= 11 is 1.96. The lowest BCUT2D eigenvalue weighted by molar-refractivity contribution is -0.114. The number of ether oxygens (including phenoxy) is 1. The van der Waals surface area contributed by atoms with Crippen LogP contribution in [0.3, 0.4) is 0 Å². The first-order valence-corrected chi connectivity index (χ1v) is 13.1. The molecule has 0 atom stereocenters. The Morgan fingerprint density at radius 1 is 1.19 bits per heavy atom. The minimum absolute atomic E-state index is 0.0116. The largest absolute Gasteiger partial charge is 0.493 e. The molecule has 0 bridgehead atoms. The summed E-state index contributed by atoms with van der Waals surface area (Å²) in [5.41, 5.74) is 0.839. The average molecular weight is 650 g/mol. The van der Waals surface area contributed by atoms with Gasteiger partial charge >= 0.3 is 16.3 Å². The number of amides is 1. The first-order chi connectivity index (χ1) is 16.8. The molecule has 2 heterocycles. The Labute approximate surface area is 220 Å². The number of thioether (sulfide) groups is 1. The van der Waals surface area contributed by atoms with Crippen LogP contribution in [0.25, 0.3) is 6.08 Å². The standard InChI is InChI=1S/C21H14F3IN4O5S2/c1-10-3-5-12(6-4-10)36(31,32)34-16-14(25)8-11(9-15(16)33-2)7-13-17(26)29-20(27-18(13)30)35-19(28-29)21(22,23)24/h3-9,26H,1-2H3/b13-7+,26-17?. The maximum Gasteiger partial charge on any atom is 0.441 e. The summed E-state index contributed by atoms with van der Waals surface area (Å²) in [6, 6.07) is 8.87. The molecule has 0 aliphatic carbocycles. The summed E-state index contributed by atoms with van der Waals surface area (Å²) in [4.78, 5) is 16.0. The lowest BCUT2D eigenvalue weighted by Gasteiger charge is -2.20. The minimum Gasteiger partial charge on any atom is -0.493 e. The van der Waals surface area contributed by atoms with Crippen LogP contribution >= 0.6 is 34.4 Å². The minimum atomic E-state index is -4.75. The predicted octanol–water partition coefficient (Wildman–Crippen LogP) is 4.56. The van der Waals surface area contributed by atoms with Gasteiger partial charge in [-0.05, 0) is 77.2 Å². The van der Waals surface area contributed by atoms with E-state index >= 15 is 0 Å².